The van der Waals surface area contributed by atoms with Crippen LogP contribution in [-0.2, 0) is 9.59 Å². The first-order valence-electron chi connectivity index (χ1n) is 12.8. The number of thiazole rings is 1. The zero-order valence-corrected chi connectivity index (χ0v) is 23.7. The lowest BCUT2D eigenvalue weighted by Gasteiger charge is -2.14. The summed E-state index contributed by atoms with van der Waals surface area (Å²) in [7, 11) is 0. The SMILES string of the molecule is CC(Sc1cccc(NC(=O)/C(=C\c2cccc3ccccc23)NC(=O)c2ccccc2)c1)C(=O)Nc1nccs1. The summed E-state index contributed by atoms with van der Waals surface area (Å²) in [5, 5.41) is 12.4. The Kier molecular flexibility index (Phi) is 8.88. The van der Waals surface area contributed by atoms with Crippen LogP contribution < -0.4 is 16.0 Å². The van der Waals surface area contributed by atoms with E-state index >= 15 is 0 Å². The molecule has 41 heavy (non-hydrogen) atoms. The van der Waals surface area contributed by atoms with Gasteiger partial charge in [0.05, 0.1) is 5.25 Å². The van der Waals surface area contributed by atoms with Gasteiger partial charge in [-0.3, -0.25) is 14.4 Å². The summed E-state index contributed by atoms with van der Waals surface area (Å²) >= 11 is 2.72. The molecular formula is C32H26N4O3S2. The largest absolute Gasteiger partial charge is 0.321 e. The minimum atomic E-state index is -0.473. The summed E-state index contributed by atoms with van der Waals surface area (Å²) in [6.07, 6.45) is 3.32. The van der Waals surface area contributed by atoms with Gasteiger partial charge in [-0.25, -0.2) is 4.98 Å². The second-order valence-electron chi connectivity index (χ2n) is 9.02. The van der Waals surface area contributed by atoms with Crippen LogP contribution in [0.15, 0.2) is 119 Å². The number of aromatic nitrogens is 1. The fraction of sp³-hybridized carbons (Fsp3) is 0.0625. The van der Waals surface area contributed by atoms with Gasteiger partial charge < -0.3 is 16.0 Å². The normalized spacial score (nSPS) is 12.0. The molecule has 5 aromatic rings. The molecule has 0 fully saturated rings. The van der Waals surface area contributed by atoms with Crippen molar-refractivity contribution in [2.75, 3.05) is 10.6 Å². The second kappa shape index (κ2) is 13.1. The number of thioether (sulfide) groups is 1. The highest BCUT2D eigenvalue weighted by atomic mass is 32.2. The number of hydrogen-bond donors (Lipinski definition) is 3. The van der Waals surface area contributed by atoms with Gasteiger partial charge in [0, 0.05) is 27.7 Å². The predicted molar refractivity (Wildman–Crippen MR) is 167 cm³/mol. The molecule has 1 atom stereocenters. The molecule has 4 aromatic carbocycles. The summed E-state index contributed by atoms with van der Waals surface area (Å²) in [5.41, 5.74) is 1.87. The van der Waals surface area contributed by atoms with Crippen molar-refractivity contribution in [3.8, 4) is 0 Å². The minimum absolute atomic E-state index is 0.101. The summed E-state index contributed by atoms with van der Waals surface area (Å²) in [6, 6.07) is 29.6. The van der Waals surface area contributed by atoms with Crippen LogP contribution in [0.3, 0.4) is 0 Å². The molecule has 9 heteroatoms. The third-order valence-corrected chi connectivity index (χ3v) is 7.87. The average molecular weight is 579 g/mol. The van der Waals surface area contributed by atoms with Crippen molar-refractivity contribution >= 4 is 68.5 Å². The number of rotatable bonds is 9. The van der Waals surface area contributed by atoms with Crippen LogP contribution in [0, 0.1) is 0 Å². The highest BCUT2D eigenvalue weighted by Gasteiger charge is 2.18. The zero-order valence-electron chi connectivity index (χ0n) is 22.0. The van der Waals surface area contributed by atoms with Gasteiger partial charge in [-0.15, -0.1) is 23.1 Å². The van der Waals surface area contributed by atoms with Crippen molar-refractivity contribution in [3.63, 3.8) is 0 Å². The summed E-state index contributed by atoms with van der Waals surface area (Å²) in [6.45, 7) is 1.81. The predicted octanol–water partition coefficient (Wildman–Crippen LogP) is 6.83. The molecule has 3 N–H and O–H groups in total. The summed E-state index contributed by atoms with van der Waals surface area (Å²) in [5.74, 6) is -1.03. The molecule has 0 aliphatic rings. The molecule has 7 nitrogen and oxygen atoms in total. The molecule has 1 aromatic heterocycles. The van der Waals surface area contributed by atoms with E-state index in [0.29, 0.717) is 16.4 Å². The van der Waals surface area contributed by atoms with E-state index in [1.165, 1.54) is 23.1 Å². The van der Waals surface area contributed by atoms with Gasteiger partial charge in [0.1, 0.15) is 5.70 Å². The molecule has 0 saturated carbocycles. The third-order valence-electron chi connectivity index (χ3n) is 6.09. The molecule has 0 saturated heterocycles. The number of nitrogens with one attached hydrogen (secondary N) is 3. The number of nitrogens with zero attached hydrogens (tertiary/aromatic N) is 1. The van der Waals surface area contributed by atoms with Crippen LogP contribution >= 0.6 is 23.1 Å². The minimum Gasteiger partial charge on any atom is -0.321 e. The van der Waals surface area contributed by atoms with E-state index in [-0.39, 0.29) is 11.6 Å². The Hall–Kier alpha value is -4.73. The molecule has 5 rings (SSSR count). The van der Waals surface area contributed by atoms with E-state index in [9.17, 15) is 14.4 Å². The fourth-order valence-corrected chi connectivity index (χ4v) is 5.53. The lowest BCUT2D eigenvalue weighted by atomic mass is 10.0. The Labute approximate surface area is 245 Å². The smallest absolute Gasteiger partial charge is 0.272 e. The van der Waals surface area contributed by atoms with Crippen LogP contribution in [0.25, 0.3) is 16.8 Å². The van der Waals surface area contributed by atoms with Crippen molar-refractivity contribution < 1.29 is 14.4 Å². The van der Waals surface area contributed by atoms with E-state index in [0.717, 1.165) is 21.2 Å². The standard InChI is InChI=1S/C32H26N4O3S2/c1-21(29(37)36-32-33-17-18-40-32)41-26-15-8-14-25(20-26)34-31(39)28(35-30(38)23-10-3-2-4-11-23)19-24-13-7-12-22-9-5-6-16-27(22)24/h2-21H,1H3,(H,34,39)(H,35,38)(H,33,36,37)/b28-19+. The lowest BCUT2D eigenvalue weighted by molar-refractivity contribution is -0.115. The molecule has 0 radical (unpaired) electrons. The van der Waals surface area contributed by atoms with E-state index in [4.69, 9.17) is 0 Å². The summed E-state index contributed by atoms with van der Waals surface area (Å²) in [4.78, 5) is 44.1. The van der Waals surface area contributed by atoms with E-state index in [1.54, 1.807) is 60.1 Å². The monoisotopic (exact) mass is 578 g/mol. The number of carbonyl (C=O) groups excluding carboxylic acids is 3. The topological polar surface area (TPSA) is 100 Å². The second-order valence-corrected chi connectivity index (χ2v) is 11.3. The zero-order chi connectivity index (χ0) is 28.6. The molecule has 0 spiro atoms. The van der Waals surface area contributed by atoms with E-state index in [2.05, 4.69) is 20.9 Å². The van der Waals surface area contributed by atoms with Gasteiger partial charge in [0.15, 0.2) is 5.13 Å². The third kappa shape index (κ3) is 7.27. The van der Waals surface area contributed by atoms with Crippen LogP contribution in [0.1, 0.15) is 22.8 Å². The molecule has 0 aliphatic carbocycles. The molecular weight excluding hydrogens is 553 g/mol. The number of hydrogen-bond acceptors (Lipinski definition) is 6. The van der Waals surface area contributed by atoms with Crippen molar-refractivity contribution in [1.82, 2.24) is 10.3 Å². The molecule has 1 heterocycles. The van der Waals surface area contributed by atoms with Gasteiger partial charge in [0.25, 0.3) is 11.8 Å². The Morgan fingerprint density at radius 3 is 2.44 bits per heavy atom. The molecule has 0 aliphatic heterocycles. The maximum Gasteiger partial charge on any atom is 0.272 e. The molecule has 3 amide bonds. The Balaban J connectivity index is 1.37. The van der Waals surface area contributed by atoms with Gasteiger partial charge in [0.2, 0.25) is 5.91 Å². The molecule has 1 unspecified atom stereocenters. The Morgan fingerprint density at radius 2 is 1.63 bits per heavy atom. The number of carbonyl (C=O) groups is 3. The maximum atomic E-state index is 13.6. The van der Waals surface area contributed by atoms with Gasteiger partial charge in [-0.05, 0) is 59.7 Å². The first kappa shape index (κ1) is 27.8. The molecule has 0 bridgehead atoms. The van der Waals surface area contributed by atoms with Crippen LogP contribution in [0.4, 0.5) is 10.8 Å². The van der Waals surface area contributed by atoms with Crippen LogP contribution in [-0.4, -0.2) is 28.0 Å². The highest BCUT2D eigenvalue weighted by Crippen LogP contribution is 2.27. The average Bonchev–Trinajstić information content (AvgIpc) is 3.50. The van der Waals surface area contributed by atoms with Crippen molar-refractivity contribution in [2.24, 2.45) is 0 Å². The molecule has 204 valence electrons. The number of fused-ring (bicyclic) bond motifs is 1. The van der Waals surface area contributed by atoms with Crippen molar-refractivity contribution in [1.29, 1.82) is 0 Å². The van der Waals surface area contributed by atoms with E-state index < -0.39 is 17.1 Å². The first-order valence-corrected chi connectivity index (χ1v) is 14.6. The van der Waals surface area contributed by atoms with Crippen LogP contribution in [0.2, 0.25) is 0 Å². The van der Waals surface area contributed by atoms with Gasteiger partial charge in [-0.2, -0.15) is 0 Å². The highest BCUT2D eigenvalue weighted by molar-refractivity contribution is 8.00. The first-order chi connectivity index (χ1) is 20.0. The Bertz CT molecular complexity index is 1710. The maximum absolute atomic E-state index is 13.6. The number of anilines is 2. The van der Waals surface area contributed by atoms with E-state index in [1.807, 2.05) is 61.5 Å². The number of benzene rings is 4. The lowest BCUT2D eigenvalue weighted by Crippen LogP contribution is -2.30. The fourth-order valence-electron chi connectivity index (χ4n) is 4.07. The van der Waals surface area contributed by atoms with Crippen molar-refractivity contribution in [3.05, 3.63) is 125 Å². The van der Waals surface area contributed by atoms with Gasteiger partial charge >= 0.3 is 0 Å². The quantitative estimate of drug-likeness (QED) is 0.132. The number of amides is 3. The summed E-state index contributed by atoms with van der Waals surface area (Å²) < 4.78 is 0. The van der Waals surface area contributed by atoms with Crippen molar-refractivity contribution in [2.45, 2.75) is 17.1 Å². The van der Waals surface area contributed by atoms with Gasteiger partial charge in [-0.1, -0.05) is 66.7 Å². The van der Waals surface area contributed by atoms with Crippen LogP contribution in [0.5, 0.6) is 0 Å². The Morgan fingerprint density at radius 1 is 0.878 bits per heavy atom.